The smallest absolute Gasteiger partial charge is 0.124 e. The highest BCUT2D eigenvalue weighted by Crippen LogP contribution is 2.24. The predicted molar refractivity (Wildman–Crippen MR) is 81.8 cm³/mol. The van der Waals surface area contributed by atoms with Crippen molar-refractivity contribution >= 4 is 5.82 Å². The number of hydrogen-bond acceptors (Lipinski definition) is 5. The maximum atomic E-state index is 9.59. The molecule has 5 heteroatoms. The maximum Gasteiger partial charge on any atom is 0.124 e. The number of ether oxygens (including phenoxy) is 1. The first-order chi connectivity index (χ1) is 10.2. The van der Waals surface area contributed by atoms with Crippen LogP contribution in [0, 0.1) is 0 Å². The highest BCUT2D eigenvalue weighted by molar-refractivity contribution is 5.63. The van der Waals surface area contributed by atoms with Crippen molar-refractivity contribution < 1.29 is 9.84 Å². The highest BCUT2D eigenvalue weighted by Gasteiger charge is 2.12. The summed E-state index contributed by atoms with van der Waals surface area (Å²) in [7, 11) is 0. The van der Waals surface area contributed by atoms with Gasteiger partial charge in [0.25, 0.3) is 0 Å². The van der Waals surface area contributed by atoms with Gasteiger partial charge in [-0.05, 0) is 29.8 Å². The molecule has 1 aromatic heterocycles. The van der Waals surface area contributed by atoms with Gasteiger partial charge in [0.2, 0.25) is 0 Å². The molecule has 5 nitrogen and oxygen atoms in total. The summed E-state index contributed by atoms with van der Waals surface area (Å²) >= 11 is 0. The Morgan fingerprint density at radius 2 is 2.00 bits per heavy atom. The molecule has 1 fully saturated rings. The summed E-state index contributed by atoms with van der Waals surface area (Å²) in [6.45, 7) is 4.26. The van der Waals surface area contributed by atoms with Gasteiger partial charge in [0.05, 0.1) is 18.9 Å². The lowest BCUT2D eigenvalue weighted by Crippen LogP contribution is -2.35. The van der Waals surface area contributed by atoms with Crippen LogP contribution in [-0.4, -0.2) is 41.3 Å². The Balaban J connectivity index is 1.85. The number of pyridine rings is 1. The van der Waals surface area contributed by atoms with Crippen molar-refractivity contribution in [1.82, 2.24) is 9.88 Å². The average molecular weight is 285 g/mol. The number of phenols is 1. The van der Waals surface area contributed by atoms with E-state index in [-0.39, 0.29) is 5.75 Å². The van der Waals surface area contributed by atoms with Gasteiger partial charge in [-0.3, -0.25) is 4.90 Å². The van der Waals surface area contributed by atoms with Crippen LogP contribution in [-0.2, 0) is 11.3 Å². The predicted octanol–water partition coefficient (Wildman–Crippen LogP) is 1.87. The van der Waals surface area contributed by atoms with E-state index in [9.17, 15) is 5.11 Å². The zero-order valence-corrected chi connectivity index (χ0v) is 11.8. The van der Waals surface area contributed by atoms with Crippen LogP contribution in [0.1, 0.15) is 5.56 Å². The van der Waals surface area contributed by atoms with Crippen molar-refractivity contribution in [3.63, 3.8) is 0 Å². The third-order valence-electron chi connectivity index (χ3n) is 3.56. The normalized spacial score (nSPS) is 16.0. The monoisotopic (exact) mass is 285 g/mol. The second kappa shape index (κ2) is 6.11. The topological polar surface area (TPSA) is 71.6 Å². The molecule has 0 spiro atoms. The van der Waals surface area contributed by atoms with Crippen molar-refractivity contribution in [2.75, 3.05) is 32.0 Å². The molecule has 2 aromatic rings. The second-order valence-corrected chi connectivity index (χ2v) is 5.22. The molecule has 0 atom stereocenters. The summed E-state index contributed by atoms with van der Waals surface area (Å²) in [4.78, 5) is 6.70. The Morgan fingerprint density at radius 1 is 1.19 bits per heavy atom. The molecular formula is C16H19N3O2. The van der Waals surface area contributed by atoms with E-state index in [1.54, 1.807) is 18.2 Å². The van der Waals surface area contributed by atoms with Crippen molar-refractivity contribution in [2.45, 2.75) is 6.54 Å². The van der Waals surface area contributed by atoms with Gasteiger partial charge < -0.3 is 15.6 Å². The standard InChI is InChI=1S/C16H19N3O2/c17-16-9-12(11-19-4-6-21-7-5-19)8-15(18-16)13-2-1-3-14(20)10-13/h1-3,8-10,20H,4-7,11H2,(H2,17,18). The zero-order valence-electron chi connectivity index (χ0n) is 11.8. The van der Waals surface area contributed by atoms with Crippen molar-refractivity contribution in [3.05, 3.63) is 42.0 Å². The lowest BCUT2D eigenvalue weighted by Gasteiger charge is -2.26. The van der Waals surface area contributed by atoms with Crippen molar-refractivity contribution in [1.29, 1.82) is 0 Å². The zero-order chi connectivity index (χ0) is 14.7. The number of aromatic hydroxyl groups is 1. The molecular weight excluding hydrogens is 266 g/mol. The quantitative estimate of drug-likeness (QED) is 0.900. The van der Waals surface area contributed by atoms with Gasteiger partial charge in [-0.15, -0.1) is 0 Å². The molecule has 1 saturated heterocycles. The van der Waals surface area contributed by atoms with Gasteiger partial charge in [-0.2, -0.15) is 0 Å². The minimum atomic E-state index is 0.228. The van der Waals surface area contributed by atoms with Crippen molar-refractivity contribution in [2.24, 2.45) is 0 Å². The minimum Gasteiger partial charge on any atom is -0.508 e. The molecule has 0 amide bonds. The number of nitrogen functional groups attached to an aromatic ring is 1. The highest BCUT2D eigenvalue weighted by atomic mass is 16.5. The van der Waals surface area contributed by atoms with Gasteiger partial charge in [0.1, 0.15) is 11.6 Å². The number of phenolic OH excluding ortho intramolecular Hbond substituents is 1. The van der Waals surface area contributed by atoms with Crippen LogP contribution in [0.4, 0.5) is 5.82 Å². The van der Waals surface area contributed by atoms with Crippen LogP contribution in [0.3, 0.4) is 0 Å². The molecule has 0 radical (unpaired) electrons. The van der Waals surface area contributed by atoms with Gasteiger partial charge in [-0.1, -0.05) is 12.1 Å². The number of nitrogens with zero attached hydrogens (tertiary/aromatic N) is 2. The molecule has 2 heterocycles. The molecule has 21 heavy (non-hydrogen) atoms. The number of nitrogens with two attached hydrogens (primary N) is 1. The molecule has 0 bridgehead atoms. The largest absolute Gasteiger partial charge is 0.508 e. The van der Waals surface area contributed by atoms with Crippen molar-refractivity contribution in [3.8, 4) is 17.0 Å². The minimum absolute atomic E-state index is 0.228. The van der Waals surface area contributed by atoms with E-state index in [1.165, 1.54) is 0 Å². The Bertz CT molecular complexity index is 625. The summed E-state index contributed by atoms with van der Waals surface area (Å²) in [5, 5.41) is 9.59. The average Bonchev–Trinajstić information content (AvgIpc) is 2.48. The fraction of sp³-hybridized carbons (Fsp3) is 0.312. The van der Waals surface area contributed by atoms with E-state index in [2.05, 4.69) is 9.88 Å². The third-order valence-corrected chi connectivity index (χ3v) is 3.56. The van der Waals surface area contributed by atoms with Crippen LogP contribution < -0.4 is 5.73 Å². The first kappa shape index (κ1) is 13.9. The molecule has 3 N–H and O–H groups in total. The van der Waals surface area contributed by atoms with Gasteiger partial charge in [0.15, 0.2) is 0 Å². The van der Waals surface area contributed by atoms with Crippen LogP contribution in [0.15, 0.2) is 36.4 Å². The van der Waals surface area contributed by atoms with E-state index >= 15 is 0 Å². The summed E-state index contributed by atoms with van der Waals surface area (Å²) in [6.07, 6.45) is 0. The summed E-state index contributed by atoms with van der Waals surface area (Å²) in [5.74, 6) is 0.727. The summed E-state index contributed by atoms with van der Waals surface area (Å²) in [6, 6.07) is 11.0. The van der Waals surface area contributed by atoms with Gasteiger partial charge in [-0.25, -0.2) is 4.98 Å². The summed E-state index contributed by atoms with van der Waals surface area (Å²) < 4.78 is 5.36. The molecule has 0 unspecified atom stereocenters. The SMILES string of the molecule is Nc1cc(CN2CCOCC2)cc(-c2cccc(O)c2)n1. The number of morpholine rings is 1. The number of rotatable bonds is 3. The van der Waals surface area contributed by atoms with E-state index in [1.807, 2.05) is 18.2 Å². The van der Waals surface area contributed by atoms with E-state index in [0.29, 0.717) is 5.82 Å². The van der Waals surface area contributed by atoms with Gasteiger partial charge >= 0.3 is 0 Å². The molecule has 3 rings (SSSR count). The van der Waals surface area contributed by atoms with Crippen LogP contribution in [0.25, 0.3) is 11.3 Å². The molecule has 1 aliphatic heterocycles. The first-order valence-corrected chi connectivity index (χ1v) is 7.07. The maximum absolute atomic E-state index is 9.59. The summed E-state index contributed by atoms with van der Waals surface area (Å²) in [5.41, 5.74) is 8.70. The third kappa shape index (κ3) is 3.51. The Hall–Kier alpha value is -2.11. The van der Waals surface area contributed by atoms with Gasteiger partial charge in [0, 0.05) is 25.2 Å². The lowest BCUT2D eigenvalue weighted by molar-refractivity contribution is 0.0342. The lowest BCUT2D eigenvalue weighted by atomic mass is 10.1. The Labute approximate surface area is 124 Å². The molecule has 0 aliphatic carbocycles. The van der Waals surface area contributed by atoms with E-state index in [0.717, 1.165) is 49.7 Å². The number of aromatic nitrogens is 1. The van der Waals surface area contributed by atoms with Crippen LogP contribution >= 0.6 is 0 Å². The Kier molecular flexibility index (Phi) is 4.03. The number of anilines is 1. The second-order valence-electron chi connectivity index (χ2n) is 5.22. The molecule has 0 saturated carbocycles. The van der Waals surface area contributed by atoms with E-state index in [4.69, 9.17) is 10.5 Å². The molecule has 110 valence electrons. The number of benzene rings is 1. The molecule has 1 aliphatic rings. The van der Waals surface area contributed by atoms with E-state index < -0.39 is 0 Å². The number of hydrogen-bond donors (Lipinski definition) is 2. The molecule has 1 aromatic carbocycles. The van der Waals surface area contributed by atoms with Crippen LogP contribution in [0.5, 0.6) is 5.75 Å². The fourth-order valence-corrected chi connectivity index (χ4v) is 2.53. The first-order valence-electron chi connectivity index (χ1n) is 7.07. The van der Waals surface area contributed by atoms with Crippen LogP contribution in [0.2, 0.25) is 0 Å². The Morgan fingerprint density at radius 3 is 2.76 bits per heavy atom. The fourth-order valence-electron chi connectivity index (χ4n) is 2.53.